The van der Waals surface area contributed by atoms with E-state index in [1.165, 1.54) is 18.3 Å². The number of nitrogens with two attached hydrogens (primary N) is 1. The first-order valence-corrected chi connectivity index (χ1v) is 6.07. The number of aromatic nitrogens is 1. The molecule has 20 heavy (non-hydrogen) atoms. The van der Waals surface area contributed by atoms with Gasteiger partial charge in [-0.3, -0.25) is 15.5 Å². The van der Waals surface area contributed by atoms with E-state index in [9.17, 15) is 10.1 Å². The molecule has 1 aromatic heterocycles. The number of benzene rings is 1. The molecule has 0 fully saturated rings. The third-order valence-electron chi connectivity index (χ3n) is 2.89. The number of pyridine rings is 1. The van der Waals surface area contributed by atoms with Crippen LogP contribution in [0, 0.1) is 15.5 Å². The average Bonchev–Trinajstić information content (AvgIpc) is 2.43. The second-order valence-electron chi connectivity index (χ2n) is 4.21. The van der Waals surface area contributed by atoms with Crippen LogP contribution in [0.25, 0.3) is 10.9 Å². The molecule has 0 saturated heterocycles. The molecule has 7 heteroatoms. The minimum absolute atomic E-state index is 0.0798. The molecular formula is C13H14N4O3. The largest absolute Gasteiger partial charge is 0.482 e. The summed E-state index contributed by atoms with van der Waals surface area (Å²) in [6.07, 6.45) is 1.47. The van der Waals surface area contributed by atoms with Gasteiger partial charge in [0.1, 0.15) is 11.6 Å². The van der Waals surface area contributed by atoms with Gasteiger partial charge in [0, 0.05) is 17.6 Å². The molecule has 1 atom stereocenters. The lowest BCUT2D eigenvalue weighted by Gasteiger charge is -2.17. The highest BCUT2D eigenvalue weighted by Crippen LogP contribution is 2.31. The Labute approximate surface area is 115 Å². The first-order chi connectivity index (χ1) is 9.54. The summed E-state index contributed by atoms with van der Waals surface area (Å²) in [5.74, 6) is 0.351. The topological polar surface area (TPSA) is 115 Å². The van der Waals surface area contributed by atoms with Gasteiger partial charge in [0.05, 0.1) is 4.92 Å². The van der Waals surface area contributed by atoms with Crippen molar-refractivity contribution in [3.8, 4) is 5.75 Å². The van der Waals surface area contributed by atoms with Gasteiger partial charge in [-0.1, -0.05) is 6.92 Å². The average molecular weight is 274 g/mol. The van der Waals surface area contributed by atoms with Crippen molar-refractivity contribution in [2.75, 3.05) is 0 Å². The molecule has 0 aliphatic heterocycles. The normalized spacial score (nSPS) is 12.1. The molecule has 0 aliphatic rings. The fourth-order valence-corrected chi connectivity index (χ4v) is 1.90. The molecule has 104 valence electrons. The summed E-state index contributed by atoms with van der Waals surface area (Å²) < 4.78 is 5.66. The number of nitro benzene ring substituents is 1. The van der Waals surface area contributed by atoms with Crippen LogP contribution < -0.4 is 10.5 Å². The van der Waals surface area contributed by atoms with Crippen molar-refractivity contribution in [3.63, 3.8) is 0 Å². The van der Waals surface area contributed by atoms with Gasteiger partial charge < -0.3 is 10.5 Å². The number of non-ortho nitro benzene ring substituents is 1. The van der Waals surface area contributed by atoms with Crippen molar-refractivity contribution in [1.29, 1.82) is 5.41 Å². The lowest BCUT2D eigenvalue weighted by Crippen LogP contribution is -2.32. The van der Waals surface area contributed by atoms with Gasteiger partial charge in [-0.2, -0.15) is 0 Å². The van der Waals surface area contributed by atoms with Gasteiger partial charge in [-0.05, 0) is 24.6 Å². The molecule has 2 rings (SSSR count). The third-order valence-corrected chi connectivity index (χ3v) is 2.89. The SMILES string of the molecule is CCC(Oc1ccc([N+](=O)[O-])c2ncccc12)C(=N)N. The number of amidine groups is 1. The Kier molecular flexibility index (Phi) is 3.79. The van der Waals surface area contributed by atoms with E-state index in [-0.39, 0.29) is 17.0 Å². The van der Waals surface area contributed by atoms with Gasteiger partial charge in [-0.15, -0.1) is 0 Å². The molecule has 0 radical (unpaired) electrons. The Balaban J connectivity index is 2.53. The van der Waals surface area contributed by atoms with Crippen molar-refractivity contribution in [3.05, 3.63) is 40.6 Å². The maximum Gasteiger partial charge on any atom is 0.295 e. The van der Waals surface area contributed by atoms with Crippen LogP contribution in [0.3, 0.4) is 0 Å². The molecule has 0 aliphatic carbocycles. The predicted molar refractivity (Wildman–Crippen MR) is 75.0 cm³/mol. The number of ether oxygens (including phenoxy) is 1. The Morgan fingerprint density at radius 1 is 1.55 bits per heavy atom. The highest BCUT2D eigenvalue weighted by molar-refractivity contribution is 5.92. The number of fused-ring (bicyclic) bond motifs is 1. The van der Waals surface area contributed by atoms with Gasteiger partial charge in [0.15, 0.2) is 11.6 Å². The van der Waals surface area contributed by atoms with E-state index in [4.69, 9.17) is 15.9 Å². The van der Waals surface area contributed by atoms with Crippen LogP contribution in [0.1, 0.15) is 13.3 Å². The van der Waals surface area contributed by atoms with Crippen molar-refractivity contribution < 1.29 is 9.66 Å². The monoisotopic (exact) mass is 274 g/mol. The summed E-state index contributed by atoms with van der Waals surface area (Å²) in [6.45, 7) is 1.85. The van der Waals surface area contributed by atoms with E-state index < -0.39 is 11.0 Å². The molecule has 0 spiro atoms. The summed E-state index contributed by atoms with van der Waals surface area (Å²) in [4.78, 5) is 14.5. The van der Waals surface area contributed by atoms with Gasteiger partial charge >= 0.3 is 0 Å². The third kappa shape index (κ3) is 2.51. The van der Waals surface area contributed by atoms with Crippen LogP contribution in [-0.2, 0) is 0 Å². The molecule has 7 nitrogen and oxygen atoms in total. The van der Waals surface area contributed by atoms with Crippen molar-refractivity contribution >= 4 is 22.4 Å². The second kappa shape index (κ2) is 5.52. The van der Waals surface area contributed by atoms with E-state index in [0.717, 1.165) is 0 Å². The standard InChI is InChI=1S/C13H14N4O3/c1-2-10(13(14)15)20-11-6-5-9(17(18)19)12-8(11)4-3-7-16-12/h3-7,10H,2H2,1H3,(H3,14,15). The zero-order chi connectivity index (χ0) is 14.7. The van der Waals surface area contributed by atoms with E-state index >= 15 is 0 Å². The fraction of sp³-hybridized carbons (Fsp3) is 0.231. The maximum atomic E-state index is 11.0. The van der Waals surface area contributed by atoms with Crippen molar-refractivity contribution in [2.24, 2.45) is 5.73 Å². The van der Waals surface area contributed by atoms with Crippen LogP contribution in [-0.4, -0.2) is 21.8 Å². The highest BCUT2D eigenvalue weighted by atomic mass is 16.6. The number of nitro groups is 1. The first-order valence-electron chi connectivity index (χ1n) is 6.07. The zero-order valence-electron chi connectivity index (χ0n) is 10.9. The van der Waals surface area contributed by atoms with Crippen LogP contribution in [0.4, 0.5) is 5.69 Å². The molecular weight excluding hydrogens is 260 g/mol. The van der Waals surface area contributed by atoms with Gasteiger partial charge in [-0.25, -0.2) is 4.98 Å². The number of hydrogen-bond acceptors (Lipinski definition) is 5. The Morgan fingerprint density at radius 3 is 2.90 bits per heavy atom. The van der Waals surface area contributed by atoms with E-state index in [0.29, 0.717) is 17.6 Å². The van der Waals surface area contributed by atoms with Crippen LogP contribution in [0.15, 0.2) is 30.5 Å². The Morgan fingerprint density at radius 2 is 2.30 bits per heavy atom. The highest BCUT2D eigenvalue weighted by Gasteiger charge is 2.18. The Hall–Kier alpha value is -2.70. The summed E-state index contributed by atoms with van der Waals surface area (Å²) in [6, 6.07) is 6.22. The predicted octanol–water partition coefficient (Wildman–Crippen LogP) is 2.24. The van der Waals surface area contributed by atoms with Crippen LogP contribution in [0.5, 0.6) is 5.75 Å². The lowest BCUT2D eigenvalue weighted by molar-refractivity contribution is -0.383. The lowest BCUT2D eigenvalue weighted by atomic mass is 10.1. The number of nitrogens with one attached hydrogen (secondary N) is 1. The zero-order valence-corrected chi connectivity index (χ0v) is 10.9. The Bertz CT molecular complexity index is 672. The molecule has 2 aromatic rings. The van der Waals surface area contributed by atoms with E-state index in [2.05, 4.69) is 4.98 Å². The van der Waals surface area contributed by atoms with E-state index in [1.807, 2.05) is 6.92 Å². The molecule has 0 bridgehead atoms. The van der Waals surface area contributed by atoms with Gasteiger partial charge in [0.25, 0.3) is 5.69 Å². The minimum atomic E-state index is -0.556. The molecule has 0 amide bonds. The van der Waals surface area contributed by atoms with Crippen molar-refractivity contribution in [2.45, 2.75) is 19.4 Å². The van der Waals surface area contributed by atoms with Crippen LogP contribution >= 0.6 is 0 Å². The van der Waals surface area contributed by atoms with Gasteiger partial charge in [0.2, 0.25) is 0 Å². The smallest absolute Gasteiger partial charge is 0.295 e. The van der Waals surface area contributed by atoms with E-state index in [1.54, 1.807) is 12.1 Å². The summed E-state index contributed by atoms with van der Waals surface area (Å²) in [5.41, 5.74) is 5.63. The quantitative estimate of drug-likeness (QED) is 0.375. The molecule has 1 heterocycles. The minimum Gasteiger partial charge on any atom is -0.482 e. The fourth-order valence-electron chi connectivity index (χ4n) is 1.90. The second-order valence-corrected chi connectivity index (χ2v) is 4.21. The summed E-state index contributed by atoms with van der Waals surface area (Å²) in [7, 11) is 0. The van der Waals surface area contributed by atoms with Crippen LogP contribution in [0.2, 0.25) is 0 Å². The molecule has 1 aromatic carbocycles. The molecule has 0 saturated carbocycles. The maximum absolute atomic E-state index is 11.0. The first kappa shape index (κ1) is 13.7. The number of rotatable bonds is 5. The molecule has 1 unspecified atom stereocenters. The molecule has 3 N–H and O–H groups in total. The number of nitrogens with zero attached hydrogens (tertiary/aromatic N) is 2. The summed E-state index contributed by atoms with van der Waals surface area (Å²) >= 11 is 0. The van der Waals surface area contributed by atoms with Crippen molar-refractivity contribution in [1.82, 2.24) is 4.98 Å². The number of hydrogen-bond donors (Lipinski definition) is 2. The summed E-state index contributed by atoms with van der Waals surface area (Å²) in [5, 5.41) is 19.0.